The normalized spacial score (nSPS) is 20.0. The van der Waals surface area contributed by atoms with Crippen LogP contribution in [0.5, 0.6) is 0 Å². The summed E-state index contributed by atoms with van der Waals surface area (Å²) in [7, 11) is 0. The molecule has 1 aromatic carbocycles. The molecule has 1 atom stereocenters. The number of benzene rings is 1. The van der Waals surface area contributed by atoms with Crippen molar-refractivity contribution in [2.45, 2.75) is 50.2 Å². The van der Waals surface area contributed by atoms with Gasteiger partial charge >= 0.3 is 0 Å². The second-order valence-corrected chi connectivity index (χ2v) is 10.4. The molecule has 0 saturated carbocycles. The number of carbonyl (C=O) groups is 1. The maximum atomic E-state index is 13.2. The molecular formula is C24H33N5OS. The largest absolute Gasteiger partial charge is 0.354 e. The first-order valence-electron chi connectivity index (χ1n) is 11.3. The van der Waals surface area contributed by atoms with Crippen molar-refractivity contribution in [3.8, 4) is 0 Å². The predicted molar refractivity (Wildman–Crippen MR) is 128 cm³/mol. The molecule has 2 aromatic rings. The Morgan fingerprint density at radius 1 is 1.13 bits per heavy atom. The highest BCUT2D eigenvalue weighted by atomic mass is 32.2. The minimum atomic E-state index is 0.204. The van der Waals surface area contributed by atoms with Crippen molar-refractivity contribution in [2.75, 3.05) is 49.1 Å². The molecule has 3 heterocycles. The number of hydrogen-bond acceptors (Lipinski definition) is 6. The van der Waals surface area contributed by atoms with Crippen molar-refractivity contribution in [1.82, 2.24) is 14.9 Å². The molecule has 1 saturated heterocycles. The van der Waals surface area contributed by atoms with Crippen LogP contribution in [0.1, 0.15) is 44.6 Å². The minimum Gasteiger partial charge on any atom is -0.354 e. The maximum absolute atomic E-state index is 13.2. The molecule has 1 unspecified atom stereocenters. The summed E-state index contributed by atoms with van der Waals surface area (Å²) in [6.45, 7) is 13.3. The quantitative estimate of drug-likeness (QED) is 0.719. The molecule has 31 heavy (non-hydrogen) atoms. The van der Waals surface area contributed by atoms with Gasteiger partial charge in [-0.25, -0.2) is 9.97 Å². The molecule has 0 N–H and O–H groups in total. The highest BCUT2D eigenvalue weighted by Crippen LogP contribution is 2.37. The molecule has 0 bridgehead atoms. The van der Waals surface area contributed by atoms with Gasteiger partial charge in [-0.05, 0) is 25.5 Å². The second kappa shape index (κ2) is 9.57. The van der Waals surface area contributed by atoms with Crippen LogP contribution in [0.15, 0.2) is 35.2 Å². The average Bonchev–Trinajstić information content (AvgIpc) is 2.92. The van der Waals surface area contributed by atoms with E-state index in [9.17, 15) is 4.79 Å². The lowest BCUT2D eigenvalue weighted by Crippen LogP contribution is -2.50. The first kappa shape index (κ1) is 22.1. The minimum absolute atomic E-state index is 0.204. The van der Waals surface area contributed by atoms with E-state index in [1.807, 2.05) is 29.7 Å². The molecular weight excluding hydrogens is 406 g/mol. The fraction of sp³-hybridized carbons (Fsp3) is 0.542. The Hall–Kier alpha value is -2.12. The Morgan fingerprint density at radius 3 is 2.61 bits per heavy atom. The highest BCUT2D eigenvalue weighted by Gasteiger charge is 2.27. The molecule has 0 radical (unpaired) electrons. The van der Waals surface area contributed by atoms with E-state index in [1.54, 1.807) is 0 Å². The van der Waals surface area contributed by atoms with Gasteiger partial charge in [0.15, 0.2) is 0 Å². The zero-order valence-electron chi connectivity index (χ0n) is 19.0. The van der Waals surface area contributed by atoms with Gasteiger partial charge in [0, 0.05) is 60.5 Å². The van der Waals surface area contributed by atoms with E-state index in [4.69, 9.17) is 4.98 Å². The number of amides is 1. The molecule has 166 valence electrons. The van der Waals surface area contributed by atoms with Crippen LogP contribution >= 0.6 is 11.8 Å². The molecule has 0 aliphatic carbocycles. The molecule has 1 aromatic heterocycles. The summed E-state index contributed by atoms with van der Waals surface area (Å²) in [5.74, 6) is 2.43. The monoisotopic (exact) mass is 439 g/mol. The van der Waals surface area contributed by atoms with Crippen LogP contribution in [-0.4, -0.2) is 65.3 Å². The van der Waals surface area contributed by atoms with Crippen molar-refractivity contribution in [3.63, 3.8) is 0 Å². The van der Waals surface area contributed by atoms with Crippen molar-refractivity contribution in [3.05, 3.63) is 41.9 Å². The van der Waals surface area contributed by atoms with E-state index < -0.39 is 0 Å². The summed E-state index contributed by atoms with van der Waals surface area (Å²) >= 11 is 1.88. The number of carbonyl (C=O) groups excluding carboxylic acids is 1. The third-order valence-corrected chi connectivity index (χ3v) is 7.21. The third-order valence-electron chi connectivity index (χ3n) is 5.97. The summed E-state index contributed by atoms with van der Waals surface area (Å²) < 4.78 is 0. The Kier molecular flexibility index (Phi) is 6.82. The van der Waals surface area contributed by atoms with Crippen molar-refractivity contribution in [2.24, 2.45) is 0 Å². The van der Waals surface area contributed by atoms with Gasteiger partial charge < -0.3 is 9.80 Å². The van der Waals surface area contributed by atoms with Gasteiger partial charge in [-0.15, -0.1) is 11.8 Å². The molecule has 7 heteroatoms. The number of aryl methyl sites for hydroxylation is 1. The lowest BCUT2D eigenvalue weighted by molar-refractivity contribution is -0.119. The van der Waals surface area contributed by atoms with E-state index in [0.717, 1.165) is 62.2 Å². The van der Waals surface area contributed by atoms with Crippen LogP contribution < -0.4 is 9.80 Å². The summed E-state index contributed by atoms with van der Waals surface area (Å²) in [6, 6.07) is 10.4. The zero-order chi connectivity index (χ0) is 22.0. The van der Waals surface area contributed by atoms with Crippen LogP contribution in [-0.2, 0) is 4.79 Å². The Bertz CT molecular complexity index is 926. The van der Waals surface area contributed by atoms with Crippen LogP contribution in [0.25, 0.3) is 0 Å². The molecule has 4 rings (SSSR count). The van der Waals surface area contributed by atoms with E-state index in [2.05, 4.69) is 59.8 Å². The highest BCUT2D eigenvalue weighted by molar-refractivity contribution is 8.00. The molecule has 0 spiro atoms. The van der Waals surface area contributed by atoms with E-state index in [0.29, 0.717) is 17.7 Å². The smallest absolute Gasteiger partial charge is 0.241 e. The summed E-state index contributed by atoms with van der Waals surface area (Å²) in [5.41, 5.74) is 2.08. The van der Waals surface area contributed by atoms with Gasteiger partial charge in [-0.1, -0.05) is 32.9 Å². The lowest BCUT2D eigenvalue weighted by atomic mass is 10.2. The van der Waals surface area contributed by atoms with E-state index >= 15 is 0 Å². The molecule has 1 fully saturated rings. The van der Waals surface area contributed by atoms with Gasteiger partial charge in [-0.3, -0.25) is 9.69 Å². The Morgan fingerprint density at radius 2 is 1.87 bits per heavy atom. The van der Waals surface area contributed by atoms with E-state index in [-0.39, 0.29) is 5.91 Å². The van der Waals surface area contributed by atoms with Gasteiger partial charge in [0.2, 0.25) is 5.91 Å². The van der Waals surface area contributed by atoms with Gasteiger partial charge in [-0.2, -0.15) is 0 Å². The number of nitrogens with zero attached hydrogens (tertiary/aromatic N) is 5. The van der Waals surface area contributed by atoms with Crippen LogP contribution in [0.4, 0.5) is 11.5 Å². The number of rotatable bonds is 4. The number of piperazine rings is 1. The molecule has 2 aliphatic heterocycles. The topological polar surface area (TPSA) is 52.6 Å². The first-order valence-corrected chi connectivity index (χ1v) is 12.2. The van der Waals surface area contributed by atoms with Crippen LogP contribution in [0.3, 0.4) is 0 Å². The SMILES string of the molecule is Cc1cc(N2CCN(CC(=O)N3CCC(C)Sc4ccccc43)CC2)nc(C(C)C)n1. The van der Waals surface area contributed by atoms with Crippen molar-refractivity contribution in [1.29, 1.82) is 0 Å². The number of para-hydroxylation sites is 1. The lowest BCUT2D eigenvalue weighted by Gasteiger charge is -2.36. The second-order valence-electron chi connectivity index (χ2n) is 8.87. The Balaban J connectivity index is 1.39. The molecule has 1 amide bonds. The van der Waals surface area contributed by atoms with Crippen LogP contribution in [0.2, 0.25) is 0 Å². The third kappa shape index (κ3) is 5.21. The number of fused-ring (bicyclic) bond motifs is 1. The van der Waals surface area contributed by atoms with E-state index in [1.165, 1.54) is 4.90 Å². The predicted octanol–water partition coefficient (Wildman–Crippen LogP) is 3.95. The van der Waals surface area contributed by atoms with Gasteiger partial charge in [0.1, 0.15) is 11.6 Å². The number of thioether (sulfide) groups is 1. The van der Waals surface area contributed by atoms with Gasteiger partial charge in [0.05, 0.1) is 12.2 Å². The number of hydrogen-bond donors (Lipinski definition) is 0. The standard InChI is InChI=1S/C24H33N5OS/c1-17(2)24-25-18(3)15-22(26-24)28-13-11-27(12-14-28)16-23(30)29-10-9-19(4)31-21-8-6-5-7-20(21)29/h5-8,15,17,19H,9-14,16H2,1-4H3. The average molecular weight is 440 g/mol. The maximum Gasteiger partial charge on any atom is 0.241 e. The first-order chi connectivity index (χ1) is 14.9. The number of aromatic nitrogens is 2. The van der Waals surface area contributed by atoms with Gasteiger partial charge in [0.25, 0.3) is 0 Å². The zero-order valence-corrected chi connectivity index (χ0v) is 19.9. The Labute approximate surface area is 190 Å². The van der Waals surface area contributed by atoms with Crippen LogP contribution in [0, 0.1) is 6.92 Å². The molecule has 6 nitrogen and oxygen atoms in total. The number of anilines is 2. The molecule has 2 aliphatic rings. The summed E-state index contributed by atoms with van der Waals surface area (Å²) in [4.78, 5) is 30.4. The van der Waals surface area contributed by atoms with Crippen molar-refractivity contribution >= 4 is 29.2 Å². The van der Waals surface area contributed by atoms with Crippen molar-refractivity contribution < 1.29 is 4.79 Å². The summed E-state index contributed by atoms with van der Waals surface area (Å²) in [5, 5.41) is 0.523. The fourth-order valence-electron chi connectivity index (χ4n) is 4.15. The summed E-state index contributed by atoms with van der Waals surface area (Å²) in [6.07, 6.45) is 1.02. The fourth-order valence-corrected chi connectivity index (χ4v) is 5.27.